The van der Waals surface area contributed by atoms with E-state index in [-0.39, 0.29) is 35.5 Å². The summed E-state index contributed by atoms with van der Waals surface area (Å²) in [5.41, 5.74) is 0. The van der Waals surface area contributed by atoms with E-state index >= 15 is 0 Å². The van der Waals surface area contributed by atoms with E-state index in [1.165, 1.54) is 11.3 Å². The van der Waals surface area contributed by atoms with Crippen molar-refractivity contribution in [2.45, 2.75) is 6.42 Å². The largest absolute Gasteiger partial charge is 1.00 e. The molecule has 1 heterocycles. The van der Waals surface area contributed by atoms with Crippen molar-refractivity contribution >= 4 is 27.7 Å². The van der Waals surface area contributed by atoms with Gasteiger partial charge in [-0.3, -0.25) is 9.11 Å². The van der Waals surface area contributed by atoms with Crippen molar-refractivity contribution in [1.82, 2.24) is 0 Å². The number of hydrogen-bond donors (Lipinski definition) is 2. The summed E-state index contributed by atoms with van der Waals surface area (Å²) in [4.78, 5) is 11.7. The summed E-state index contributed by atoms with van der Waals surface area (Å²) in [6.07, 6.45) is 0.622. The molecule has 0 saturated carbocycles. The van der Waals surface area contributed by atoms with Crippen LogP contribution in [0.3, 0.4) is 0 Å². The zero-order valence-corrected chi connectivity index (χ0v) is 12.8. The first-order valence-corrected chi connectivity index (χ1v) is 6.32. The molecule has 0 saturated heterocycles. The van der Waals surface area contributed by atoms with Gasteiger partial charge in [0.15, 0.2) is 0 Å². The molecule has 0 aliphatic carbocycles. The second kappa shape index (κ2) is 10.0. The number of thiophene rings is 1. The molecule has 0 aromatic carbocycles. The normalized spacial score (nSPS) is 9.59. The molecule has 0 spiro atoms. The minimum absolute atomic E-state index is 0. The fraction of sp³-hybridized carbons (Fsp3) is 0.250. The summed E-state index contributed by atoms with van der Waals surface area (Å²) in [7, 11) is -4.67. The first-order chi connectivity index (χ1) is 7.34. The van der Waals surface area contributed by atoms with Crippen molar-refractivity contribution in [3.05, 3.63) is 29.3 Å². The molecule has 6 nitrogen and oxygen atoms in total. The Labute approximate surface area is 126 Å². The van der Waals surface area contributed by atoms with E-state index in [1.54, 1.807) is 6.07 Å². The van der Waals surface area contributed by atoms with Crippen LogP contribution in [0.5, 0.6) is 0 Å². The fourth-order valence-corrected chi connectivity index (χ4v) is 1.25. The van der Waals surface area contributed by atoms with Crippen molar-refractivity contribution in [2.24, 2.45) is 0 Å². The molecule has 1 rings (SSSR count). The average molecular weight is 290 g/mol. The Hall–Kier alpha value is 0.0400. The Morgan fingerprint density at radius 2 is 2.00 bits per heavy atom. The van der Waals surface area contributed by atoms with Gasteiger partial charge < -0.3 is 11.7 Å². The molecular weight excluding hydrogens is 279 g/mol. The topological polar surface area (TPSA) is 101 Å². The van der Waals surface area contributed by atoms with E-state index < -0.39 is 10.4 Å². The summed E-state index contributed by atoms with van der Waals surface area (Å²) in [6.45, 7) is 3.96. The van der Waals surface area contributed by atoms with Crippen molar-refractivity contribution in [3.63, 3.8) is 0 Å². The molecule has 2 N–H and O–H groups in total. The van der Waals surface area contributed by atoms with Gasteiger partial charge in [-0.2, -0.15) is 8.42 Å². The Morgan fingerprint density at radius 3 is 2.35 bits per heavy atom. The number of carbonyl (C=O) groups excluding carboxylic acids is 1. The van der Waals surface area contributed by atoms with Gasteiger partial charge in [-0.25, -0.2) is 4.79 Å². The minimum atomic E-state index is -4.67. The first kappa shape index (κ1) is 19.4. The molecule has 0 unspecified atom stereocenters. The molecule has 0 fully saturated rings. The molecule has 0 atom stereocenters. The van der Waals surface area contributed by atoms with Crippen LogP contribution < -0.4 is 29.6 Å². The van der Waals surface area contributed by atoms with Gasteiger partial charge in [0.05, 0.1) is 6.61 Å². The van der Waals surface area contributed by atoms with E-state index in [9.17, 15) is 4.79 Å². The quantitative estimate of drug-likeness (QED) is 0.303. The van der Waals surface area contributed by atoms with Gasteiger partial charge in [-0.05, 0) is 11.4 Å². The van der Waals surface area contributed by atoms with Crippen molar-refractivity contribution < 1.29 is 56.6 Å². The fourth-order valence-electron chi connectivity index (χ4n) is 0.631. The van der Waals surface area contributed by atoms with Crippen LogP contribution in [0.4, 0.5) is 0 Å². The van der Waals surface area contributed by atoms with Gasteiger partial charge in [0.1, 0.15) is 4.88 Å². The van der Waals surface area contributed by atoms with Crippen molar-refractivity contribution in [2.75, 3.05) is 6.61 Å². The maximum Gasteiger partial charge on any atom is 1.00 e. The molecule has 1 aromatic heterocycles. The third-order valence-corrected chi connectivity index (χ3v) is 1.95. The second-order valence-electron chi connectivity index (χ2n) is 2.41. The average Bonchev–Trinajstić information content (AvgIpc) is 2.64. The molecule has 17 heavy (non-hydrogen) atoms. The van der Waals surface area contributed by atoms with Crippen molar-refractivity contribution in [1.29, 1.82) is 0 Å². The summed E-state index contributed by atoms with van der Waals surface area (Å²) >= 11 is 1.39. The number of rotatable bonds is 3. The number of carbonyl (C=O) groups is 1. The smallest absolute Gasteiger partial charge is 0.464 e. The SMILES string of the molecule is O=S(=O)(O)O.[CH2-]CCOC(=O)c1cccs1.[Na+]. The zero-order chi connectivity index (χ0) is 12.6. The Balaban J connectivity index is 0. The Kier molecular flexibility index (Phi) is 11.4. The number of esters is 1. The van der Waals surface area contributed by atoms with Crippen LogP contribution in [0.1, 0.15) is 16.1 Å². The molecule has 0 amide bonds. The Bertz CT molecular complexity index is 392. The van der Waals surface area contributed by atoms with E-state index in [2.05, 4.69) is 6.92 Å². The van der Waals surface area contributed by atoms with E-state index in [4.69, 9.17) is 22.3 Å². The van der Waals surface area contributed by atoms with Crippen LogP contribution >= 0.6 is 11.3 Å². The zero-order valence-electron chi connectivity index (χ0n) is 9.20. The first-order valence-electron chi connectivity index (χ1n) is 4.04. The summed E-state index contributed by atoms with van der Waals surface area (Å²) in [5, 5.41) is 1.85. The predicted octanol–water partition coefficient (Wildman–Crippen LogP) is -1.52. The molecule has 0 aliphatic rings. The van der Waals surface area contributed by atoms with E-state index in [0.29, 0.717) is 17.9 Å². The standard InChI is InChI=1S/C8H9O2S.Na.H2O4S/c1-2-5-10-8(9)7-4-3-6-11-7;;1-5(2,3)4/h3-4,6H,1-2,5H2;;(H2,1,2,3,4)/q-1;+1;. The van der Waals surface area contributed by atoms with Gasteiger partial charge in [0, 0.05) is 0 Å². The maximum absolute atomic E-state index is 11.0. The maximum atomic E-state index is 11.0. The summed E-state index contributed by atoms with van der Waals surface area (Å²) < 4.78 is 36.4. The predicted molar refractivity (Wildman–Crippen MR) is 58.8 cm³/mol. The molecule has 1 aromatic rings. The van der Waals surface area contributed by atoms with Crippen LogP contribution in [0.25, 0.3) is 0 Å². The summed E-state index contributed by atoms with van der Waals surface area (Å²) in [5.74, 6) is -0.247. The second-order valence-corrected chi connectivity index (χ2v) is 4.26. The van der Waals surface area contributed by atoms with Gasteiger partial charge in [0.25, 0.3) is 0 Å². The molecule has 92 valence electrons. The molecular formula is C8H11NaO6S2. The number of hydrogen-bond acceptors (Lipinski definition) is 5. The van der Waals surface area contributed by atoms with Gasteiger partial charge in [0.2, 0.25) is 0 Å². The number of ether oxygens (including phenoxy) is 1. The van der Waals surface area contributed by atoms with Gasteiger partial charge in [-0.15, -0.1) is 17.8 Å². The van der Waals surface area contributed by atoms with E-state index in [1.807, 2.05) is 11.4 Å². The molecule has 0 aliphatic heterocycles. The van der Waals surface area contributed by atoms with Crippen molar-refractivity contribution in [3.8, 4) is 0 Å². The Morgan fingerprint density at radius 1 is 1.47 bits per heavy atom. The minimum Gasteiger partial charge on any atom is -0.464 e. The van der Waals surface area contributed by atoms with Crippen LogP contribution in [0.2, 0.25) is 0 Å². The molecule has 9 heteroatoms. The molecule has 0 bridgehead atoms. The van der Waals surface area contributed by atoms with Gasteiger partial charge >= 0.3 is 45.9 Å². The van der Waals surface area contributed by atoms with Crippen LogP contribution in [0.15, 0.2) is 17.5 Å². The monoisotopic (exact) mass is 290 g/mol. The van der Waals surface area contributed by atoms with Crippen LogP contribution in [-0.2, 0) is 15.1 Å². The van der Waals surface area contributed by atoms with E-state index in [0.717, 1.165) is 0 Å². The van der Waals surface area contributed by atoms with Crippen LogP contribution in [-0.4, -0.2) is 30.1 Å². The van der Waals surface area contributed by atoms with Crippen LogP contribution in [0, 0.1) is 6.92 Å². The third kappa shape index (κ3) is 14.0. The molecule has 0 radical (unpaired) electrons. The van der Waals surface area contributed by atoms with Gasteiger partial charge in [-0.1, -0.05) is 6.07 Å². The third-order valence-electron chi connectivity index (χ3n) is 1.10. The summed E-state index contributed by atoms with van der Waals surface area (Å²) in [6, 6.07) is 3.57.